The van der Waals surface area contributed by atoms with Gasteiger partial charge in [-0.1, -0.05) is 45.0 Å². The topological polar surface area (TPSA) is 46.2 Å². The smallest absolute Gasteiger partial charge is 0.211 e. The molecule has 0 aromatic heterocycles. The van der Waals surface area contributed by atoms with E-state index in [-0.39, 0.29) is 5.75 Å². The standard InChI is InChI=1S/C11H17NO2S.C2H6/c1-3-8-15(13,14)12-9-11-7-5-4-6-10(11)2;1-2/h4-7,12H,3,8-9H2,1-2H3;1-2H3. The molecule has 4 heteroatoms. The average molecular weight is 257 g/mol. The van der Waals surface area contributed by atoms with Crippen LogP contribution in [0.15, 0.2) is 24.3 Å². The molecule has 0 amide bonds. The van der Waals surface area contributed by atoms with E-state index in [2.05, 4.69) is 4.72 Å². The van der Waals surface area contributed by atoms with Crippen LogP contribution in [0.4, 0.5) is 0 Å². The van der Waals surface area contributed by atoms with Gasteiger partial charge in [0.1, 0.15) is 0 Å². The van der Waals surface area contributed by atoms with E-state index in [4.69, 9.17) is 0 Å². The van der Waals surface area contributed by atoms with E-state index < -0.39 is 10.0 Å². The van der Waals surface area contributed by atoms with Gasteiger partial charge in [-0.15, -0.1) is 0 Å². The van der Waals surface area contributed by atoms with Crippen LogP contribution in [0, 0.1) is 6.92 Å². The van der Waals surface area contributed by atoms with Gasteiger partial charge >= 0.3 is 0 Å². The lowest BCUT2D eigenvalue weighted by atomic mass is 10.1. The van der Waals surface area contributed by atoms with E-state index in [1.54, 1.807) is 0 Å². The Bertz CT molecular complexity index is 413. The molecular weight excluding hydrogens is 234 g/mol. The lowest BCUT2D eigenvalue weighted by Crippen LogP contribution is -2.25. The highest BCUT2D eigenvalue weighted by atomic mass is 32.2. The molecule has 0 saturated heterocycles. The monoisotopic (exact) mass is 257 g/mol. The second-order valence-electron chi connectivity index (χ2n) is 3.57. The van der Waals surface area contributed by atoms with Gasteiger partial charge in [-0.05, 0) is 24.5 Å². The van der Waals surface area contributed by atoms with Crippen molar-refractivity contribution in [2.75, 3.05) is 5.75 Å². The fourth-order valence-electron chi connectivity index (χ4n) is 1.34. The molecule has 1 rings (SSSR count). The first-order valence-electron chi connectivity index (χ1n) is 6.07. The third-order valence-electron chi connectivity index (χ3n) is 2.22. The number of nitrogens with one attached hydrogen (secondary N) is 1. The van der Waals surface area contributed by atoms with Crippen LogP contribution in [0.25, 0.3) is 0 Å². The van der Waals surface area contributed by atoms with Gasteiger partial charge in [-0.3, -0.25) is 0 Å². The first kappa shape index (κ1) is 16.1. The fraction of sp³-hybridized carbons (Fsp3) is 0.538. The van der Waals surface area contributed by atoms with Crippen LogP contribution in [0.1, 0.15) is 38.3 Å². The molecule has 0 radical (unpaired) electrons. The lowest BCUT2D eigenvalue weighted by molar-refractivity contribution is 0.580. The molecule has 0 spiro atoms. The maximum Gasteiger partial charge on any atom is 0.211 e. The third kappa shape index (κ3) is 6.44. The number of hydrogen-bond donors (Lipinski definition) is 1. The van der Waals surface area contributed by atoms with E-state index in [1.165, 1.54) is 0 Å². The Kier molecular flexibility index (Phi) is 7.83. The molecule has 1 aromatic carbocycles. The largest absolute Gasteiger partial charge is 0.212 e. The summed E-state index contributed by atoms with van der Waals surface area (Å²) in [7, 11) is -3.10. The number of sulfonamides is 1. The van der Waals surface area contributed by atoms with E-state index >= 15 is 0 Å². The normalized spacial score (nSPS) is 10.6. The molecule has 3 nitrogen and oxygen atoms in total. The van der Waals surface area contributed by atoms with Crippen molar-refractivity contribution < 1.29 is 8.42 Å². The van der Waals surface area contributed by atoms with Crippen LogP contribution in [-0.2, 0) is 16.6 Å². The molecule has 0 aliphatic rings. The molecule has 0 saturated carbocycles. The number of benzene rings is 1. The van der Waals surface area contributed by atoms with Crippen molar-refractivity contribution in [1.82, 2.24) is 4.72 Å². The Labute approximate surface area is 105 Å². The van der Waals surface area contributed by atoms with E-state index in [0.29, 0.717) is 13.0 Å². The van der Waals surface area contributed by atoms with Crippen LogP contribution in [-0.4, -0.2) is 14.2 Å². The zero-order valence-electron chi connectivity index (χ0n) is 11.2. The van der Waals surface area contributed by atoms with Crippen molar-refractivity contribution in [2.45, 2.75) is 40.7 Å². The molecule has 0 aliphatic carbocycles. The highest BCUT2D eigenvalue weighted by molar-refractivity contribution is 7.89. The summed E-state index contributed by atoms with van der Waals surface area (Å²) in [6, 6.07) is 7.77. The Hall–Kier alpha value is -0.870. The average Bonchev–Trinajstić information content (AvgIpc) is 2.31. The van der Waals surface area contributed by atoms with Crippen LogP contribution in [0.2, 0.25) is 0 Å². The van der Waals surface area contributed by atoms with Crippen LogP contribution >= 0.6 is 0 Å². The van der Waals surface area contributed by atoms with Crippen molar-refractivity contribution in [3.05, 3.63) is 35.4 Å². The molecular formula is C13H23NO2S. The Morgan fingerprint density at radius 2 is 1.76 bits per heavy atom. The highest BCUT2D eigenvalue weighted by Crippen LogP contribution is 2.06. The minimum atomic E-state index is -3.10. The minimum Gasteiger partial charge on any atom is -0.212 e. The Morgan fingerprint density at radius 1 is 1.18 bits per heavy atom. The zero-order chi connectivity index (χ0) is 13.3. The molecule has 1 aromatic rings. The van der Waals surface area contributed by atoms with Crippen LogP contribution in [0.5, 0.6) is 0 Å². The molecule has 1 N–H and O–H groups in total. The van der Waals surface area contributed by atoms with Gasteiger partial charge in [0.25, 0.3) is 0 Å². The zero-order valence-corrected chi connectivity index (χ0v) is 12.0. The summed E-state index contributed by atoms with van der Waals surface area (Å²) < 4.78 is 25.4. The van der Waals surface area contributed by atoms with Gasteiger partial charge in [-0.2, -0.15) is 0 Å². The van der Waals surface area contributed by atoms with Gasteiger partial charge in [0.05, 0.1) is 5.75 Å². The maximum atomic E-state index is 11.4. The summed E-state index contributed by atoms with van der Waals surface area (Å²) in [5.74, 6) is 0.193. The van der Waals surface area contributed by atoms with Gasteiger partial charge in [0.2, 0.25) is 10.0 Å². The van der Waals surface area contributed by atoms with Crippen molar-refractivity contribution >= 4 is 10.0 Å². The molecule has 0 unspecified atom stereocenters. The molecule has 0 bridgehead atoms. The Morgan fingerprint density at radius 3 is 2.29 bits per heavy atom. The number of rotatable bonds is 5. The lowest BCUT2D eigenvalue weighted by Gasteiger charge is -2.07. The number of hydrogen-bond acceptors (Lipinski definition) is 2. The van der Waals surface area contributed by atoms with Gasteiger partial charge in [0, 0.05) is 6.54 Å². The summed E-state index contributed by atoms with van der Waals surface area (Å²) in [6.45, 7) is 8.21. The summed E-state index contributed by atoms with van der Waals surface area (Å²) in [6.07, 6.45) is 0.642. The summed E-state index contributed by atoms with van der Waals surface area (Å²) in [5, 5.41) is 0. The quantitative estimate of drug-likeness (QED) is 0.881. The Balaban J connectivity index is 0.00000121. The van der Waals surface area contributed by atoms with Gasteiger partial charge in [0.15, 0.2) is 0 Å². The van der Waals surface area contributed by atoms with Crippen LogP contribution < -0.4 is 4.72 Å². The van der Waals surface area contributed by atoms with Crippen molar-refractivity contribution in [3.8, 4) is 0 Å². The SMILES string of the molecule is CC.CCCS(=O)(=O)NCc1ccccc1C. The molecule has 0 atom stereocenters. The third-order valence-corrected chi connectivity index (χ3v) is 3.75. The van der Waals surface area contributed by atoms with Gasteiger partial charge in [-0.25, -0.2) is 13.1 Å². The minimum absolute atomic E-state index is 0.193. The maximum absolute atomic E-state index is 11.4. The number of aryl methyl sites for hydroxylation is 1. The second kappa shape index (κ2) is 8.25. The predicted octanol–water partition coefficient (Wildman–Crippen LogP) is 2.85. The van der Waals surface area contributed by atoms with E-state index in [1.807, 2.05) is 52.0 Å². The summed E-state index contributed by atoms with van der Waals surface area (Å²) in [5.41, 5.74) is 2.13. The summed E-state index contributed by atoms with van der Waals surface area (Å²) >= 11 is 0. The summed E-state index contributed by atoms with van der Waals surface area (Å²) in [4.78, 5) is 0. The van der Waals surface area contributed by atoms with Crippen molar-refractivity contribution in [1.29, 1.82) is 0 Å². The fourth-order valence-corrected chi connectivity index (χ4v) is 2.39. The van der Waals surface area contributed by atoms with Crippen molar-refractivity contribution in [2.24, 2.45) is 0 Å². The molecule has 0 heterocycles. The second-order valence-corrected chi connectivity index (χ2v) is 5.49. The first-order valence-corrected chi connectivity index (χ1v) is 7.72. The molecule has 0 aliphatic heterocycles. The van der Waals surface area contributed by atoms with Crippen molar-refractivity contribution in [3.63, 3.8) is 0 Å². The van der Waals surface area contributed by atoms with E-state index in [0.717, 1.165) is 11.1 Å². The van der Waals surface area contributed by atoms with E-state index in [9.17, 15) is 8.42 Å². The van der Waals surface area contributed by atoms with Crippen LogP contribution in [0.3, 0.4) is 0 Å². The molecule has 0 fully saturated rings. The van der Waals surface area contributed by atoms with Gasteiger partial charge < -0.3 is 0 Å². The first-order chi connectivity index (χ1) is 8.05. The molecule has 17 heavy (non-hydrogen) atoms. The molecule has 98 valence electrons. The highest BCUT2D eigenvalue weighted by Gasteiger charge is 2.08. The predicted molar refractivity (Wildman–Crippen MR) is 73.4 cm³/mol.